The number of nitrogens with one attached hydrogen (secondary N) is 1. The van der Waals surface area contributed by atoms with E-state index < -0.39 is 11.7 Å². The van der Waals surface area contributed by atoms with Gasteiger partial charge in [0.25, 0.3) is 11.8 Å². The Morgan fingerprint density at radius 1 is 1.20 bits per heavy atom. The largest absolute Gasteiger partial charge is 0.339 e. The standard InChI is InChI=1S/C23H26ClF3N6O2/c1-30-11-15(31-8-5-23(26,27)6-9-31)12-33-20(21(30)34)16-13-32(7-4-19(16)29-33)22(35)28-14-2-3-18(25)17(24)10-14/h2-3,10,15H,4-9,11-13H2,1H3,(H,28,35). The number of halogens is 4. The van der Waals surface area contributed by atoms with Gasteiger partial charge in [0.15, 0.2) is 0 Å². The Labute approximate surface area is 205 Å². The van der Waals surface area contributed by atoms with E-state index in [0.717, 1.165) is 5.69 Å². The molecule has 5 rings (SSSR count). The zero-order valence-electron chi connectivity index (χ0n) is 19.2. The first-order valence-corrected chi connectivity index (χ1v) is 12.0. The summed E-state index contributed by atoms with van der Waals surface area (Å²) in [5, 5.41) is 7.31. The highest BCUT2D eigenvalue weighted by molar-refractivity contribution is 6.31. The van der Waals surface area contributed by atoms with Crippen LogP contribution in [0, 0.1) is 5.82 Å². The number of carbonyl (C=O) groups is 2. The fraction of sp³-hybridized carbons (Fsp3) is 0.522. The molecule has 1 aromatic carbocycles. The molecule has 2 aromatic rings. The first kappa shape index (κ1) is 23.9. The van der Waals surface area contributed by atoms with Gasteiger partial charge in [-0.3, -0.25) is 14.4 Å². The van der Waals surface area contributed by atoms with Crippen molar-refractivity contribution in [3.8, 4) is 0 Å². The molecule has 4 heterocycles. The highest BCUT2D eigenvalue weighted by atomic mass is 35.5. The molecule has 1 aromatic heterocycles. The lowest BCUT2D eigenvalue weighted by molar-refractivity contribution is -0.0654. The third-order valence-corrected chi connectivity index (χ3v) is 7.31. The summed E-state index contributed by atoms with van der Waals surface area (Å²) in [6.07, 6.45) is 0.102. The third kappa shape index (κ3) is 4.71. The van der Waals surface area contributed by atoms with Crippen LogP contribution in [0.25, 0.3) is 0 Å². The number of alkyl halides is 2. The summed E-state index contributed by atoms with van der Waals surface area (Å²) in [5.74, 6) is -3.41. The molecule has 3 aliphatic heterocycles. The van der Waals surface area contributed by atoms with Crippen LogP contribution in [0.15, 0.2) is 18.2 Å². The number of nitrogens with zero attached hydrogens (tertiary/aromatic N) is 5. The second-order valence-corrected chi connectivity index (χ2v) is 9.83. The minimum Gasteiger partial charge on any atom is -0.339 e. The monoisotopic (exact) mass is 510 g/mol. The molecule has 12 heteroatoms. The number of likely N-dealkylation sites (tertiary alicyclic amines) is 1. The number of aromatic nitrogens is 2. The lowest BCUT2D eigenvalue weighted by Gasteiger charge is -2.37. The molecule has 8 nitrogen and oxygen atoms in total. The van der Waals surface area contributed by atoms with Crippen molar-refractivity contribution in [2.75, 3.05) is 38.5 Å². The fourth-order valence-electron chi connectivity index (χ4n) is 5.03. The lowest BCUT2D eigenvalue weighted by Crippen LogP contribution is -2.50. The SMILES string of the molecule is CN1CC(N2CCC(F)(F)CC2)Cn2nc3c(c2C1=O)CN(C(=O)Nc1ccc(F)c(Cl)c1)CC3. The highest BCUT2D eigenvalue weighted by Crippen LogP contribution is 2.31. The van der Waals surface area contributed by atoms with Crippen molar-refractivity contribution in [2.24, 2.45) is 0 Å². The number of amides is 3. The van der Waals surface area contributed by atoms with Gasteiger partial charge in [0.2, 0.25) is 0 Å². The number of fused-ring (bicyclic) bond motifs is 3. The summed E-state index contributed by atoms with van der Waals surface area (Å²) in [4.78, 5) is 31.4. The summed E-state index contributed by atoms with van der Waals surface area (Å²) >= 11 is 5.81. The second-order valence-electron chi connectivity index (χ2n) is 9.42. The first-order valence-electron chi connectivity index (χ1n) is 11.6. The van der Waals surface area contributed by atoms with Crippen LogP contribution in [0.4, 0.5) is 23.7 Å². The molecule has 188 valence electrons. The second kappa shape index (κ2) is 9.02. The Bertz CT molecular complexity index is 1160. The molecule has 0 spiro atoms. The van der Waals surface area contributed by atoms with Crippen LogP contribution in [0.5, 0.6) is 0 Å². The van der Waals surface area contributed by atoms with Crippen molar-refractivity contribution in [2.45, 2.75) is 44.3 Å². The third-order valence-electron chi connectivity index (χ3n) is 7.02. The number of likely N-dealkylation sites (N-methyl/N-ethyl adjacent to an activating group) is 1. The molecule has 1 saturated heterocycles. The summed E-state index contributed by atoms with van der Waals surface area (Å²) in [7, 11) is 1.70. The van der Waals surface area contributed by atoms with Crippen molar-refractivity contribution >= 4 is 29.2 Å². The van der Waals surface area contributed by atoms with Crippen LogP contribution in [-0.4, -0.2) is 81.6 Å². The van der Waals surface area contributed by atoms with Crippen molar-refractivity contribution in [1.29, 1.82) is 0 Å². The van der Waals surface area contributed by atoms with E-state index in [-0.39, 0.29) is 55.5 Å². The van der Waals surface area contributed by atoms with Crippen LogP contribution in [-0.2, 0) is 19.5 Å². The van der Waals surface area contributed by atoms with Crippen LogP contribution in [0.1, 0.15) is 34.6 Å². The van der Waals surface area contributed by atoms with E-state index in [0.29, 0.717) is 43.0 Å². The normalized spacial score (nSPS) is 22.4. The van der Waals surface area contributed by atoms with Gasteiger partial charge in [-0.25, -0.2) is 18.0 Å². The molecule has 1 fully saturated rings. The number of hydrogen-bond donors (Lipinski definition) is 1. The minimum absolute atomic E-state index is 0.0914. The van der Waals surface area contributed by atoms with Gasteiger partial charge in [-0.05, 0) is 18.2 Å². The van der Waals surface area contributed by atoms with Crippen molar-refractivity contribution in [1.82, 2.24) is 24.5 Å². The molecule has 0 aliphatic carbocycles. The van der Waals surface area contributed by atoms with Crippen LogP contribution in [0.3, 0.4) is 0 Å². The van der Waals surface area contributed by atoms with E-state index in [1.165, 1.54) is 18.2 Å². The van der Waals surface area contributed by atoms with E-state index in [9.17, 15) is 22.8 Å². The zero-order valence-corrected chi connectivity index (χ0v) is 20.0. The maximum absolute atomic E-state index is 13.7. The van der Waals surface area contributed by atoms with E-state index in [4.69, 9.17) is 11.6 Å². The van der Waals surface area contributed by atoms with E-state index in [1.807, 2.05) is 4.90 Å². The predicted octanol–water partition coefficient (Wildman–Crippen LogP) is 3.45. The van der Waals surface area contributed by atoms with Gasteiger partial charge < -0.3 is 15.1 Å². The Kier molecular flexibility index (Phi) is 6.16. The Hall–Kier alpha value is -2.79. The summed E-state index contributed by atoms with van der Waals surface area (Å²) in [5.41, 5.74) is 2.27. The zero-order chi connectivity index (χ0) is 24.9. The van der Waals surface area contributed by atoms with Crippen LogP contribution in [0.2, 0.25) is 5.02 Å². The van der Waals surface area contributed by atoms with Gasteiger partial charge in [0.05, 0.1) is 23.8 Å². The number of carbonyl (C=O) groups excluding carboxylic acids is 2. The van der Waals surface area contributed by atoms with Gasteiger partial charge in [0.1, 0.15) is 11.5 Å². The number of benzene rings is 1. The molecule has 0 bridgehead atoms. The smallest absolute Gasteiger partial charge is 0.322 e. The topological polar surface area (TPSA) is 73.7 Å². The number of piperidine rings is 1. The van der Waals surface area contributed by atoms with Gasteiger partial charge >= 0.3 is 6.03 Å². The van der Waals surface area contributed by atoms with E-state index in [1.54, 1.807) is 21.5 Å². The fourth-order valence-corrected chi connectivity index (χ4v) is 5.21. The maximum atomic E-state index is 13.7. The average Bonchev–Trinajstić information content (AvgIpc) is 3.11. The quantitative estimate of drug-likeness (QED) is 0.671. The molecular weight excluding hydrogens is 485 g/mol. The molecular formula is C23H26ClF3N6O2. The molecule has 35 heavy (non-hydrogen) atoms. The number of anilines is 1. The van der Waals surface area contributed by atoms with Crippen LogP contribution >= 0.6 is 11.6 Å². The molecule has 3 amide bonds. The first-order chi connectivity index (χ1) is 16.6. The average molecular weight is 511 g/mol. The van der Waals surface area contributed by atoms with Gasteiger partial charge in [-0.2, -0.15) is 5.10 Å². The van der Waals surface area contributed by atoms with E-state index >= 15 is 0 Å². The molecule has 0 saturated carbocycles. The molecule has 1 N–H and O–H groups in total. The number of urea groups is 1. The van der Waals surface area contributed by atoms with Gasteiger partial charge in [-0.15, -0.1) is 0 Å². The predicted molar refractivity (Wildman–Crippen MR) is 123 cm³/mol. The highest BCUT2D eigenvalue weighted by Gasteiger charge is 2.40. The van der Waals surface area contributed by atoms with Crippen molar-refractivity contribution in [3.05, 3.63) is 46.0 Å². The number of hydrogen-bond acceptors (Lipinski definition) is 4. The van der Waals surface area contributed by atoms with Gasteiger partial charge in [0, 0.05) is 69.8 Å². The van der Waals surface area contributed by atoms with Gasteiger partial charge in [-0.1, -0.05) is 11.6 Å². The molecule has 1 atom stereocenters. The summed E-state index contributed by atoms with van der Waals surface area (Å²) < 4.78 is 42.4. The Morgan fingerprint density at radius 2 is 1.94 bits per heavy atom. The summed E-state index contributed by atoms with van der Waals surface area (Å²) in [6, 6.07) is 3.43. The maximum Gasteiger partial charge on any atom is 0.322 e. The Balaban J connectivity index is 1.34. The lowest BCUT2D eigenvalue weighted by atomic mass is 10.0. The van der Waals surface area contributed by atoms with Crippen molar-refractivity contribution in [3.63, 3.8) is 0 Å². The Morgan fingerprint density at radius 3 is 2.66 bits per heavy atom. The molecule has 3 aliphatic rings. The molecule has 1 unspecified atom stereocenters. The summed E-state index contributed by atoms with van der Waals surface area (Å²) in [6.45, 7) is 1.99. The molecule has 0 radical (unpaired) electrons. The van der Waals surface area contributed by atoms with Crippen molar-refractivity contribution < 1.29 is 22.8 Å². The number of rotatable bonds is 2. The minimum atomic E-state index is -2.64. The van der Waals surface area contributed by atoms with Crippen LogP contribution < -0.4 is 5.32 Å². The van der Waals surface area contributed by atoms with E-state index in [2.05, 4.69) is 10.4 Å².